The Morgan fingerprint density at radius 1 is 1.08 bits per heavy atom. The number of aromatic nitrogens is 6. The van der Waals surface area contributed by atoms with E-state index in [-0.39, 0.29) is 42.8 Å². The molecule has 0 spiro atoms. The van der Waals surface area contributed by atoms with Gasteiger partial charge in [0, 0.05) is 18.4 Å². The Hall–Kier alpha value is -4.10. The summed E-state index contributed by atoms with van der Waals surface area (Å²) in [4.78, 5) is 12.5. The van der Waals surface area contributed by atoms with E-state index in [9.17, 15) is 18.3 Å². The Balaban J connectivity index is 1.83. The molecule has 0 amide bonds. The number of ether oxygens (including phenoxy) is 2. The largest absolute Gasteiger partial charge is 0.471 e. The molecule has 0 aliphatic carbocycles. The highest BCUT2D eigenvalue weighted by Crippen LogP contribution is 2.39. The molecule has 0 aliphatic heterocycles. The van der Waals surface area contributed by atoms with Crippen LogP contribution < -0.4 is 10.5 Å². The molecular formula is C26H28F3N7O3. The zero-order chi connectivity index (χ0) is 28.1. The van der Waals surface area contributed by atoms with Crippen LogP contribution in [0.3, 0.4) is 0 Å². The van der Waals surface area contributed by atoms with Crippen LogP contribution >= 0.6 is 0 Å². The van der Waals surface area contributed by atoms with Crippen molar-refractivity contribution >= 4 is 5.95 Å². The van der Waals surface area contributed by atoms with Crippen molar-refractivity contribution in [2.45, 2.75) is 45.9 Å². The number of aliphatic hydroxyl groups excluding tert-OH is 1. The SMILES string of the molecule is CCc1nnn(CC(O)COC)c1COc1nc(N)nc(-c2ccc(F)cc2)c1-c1cc(C)nc(C(F)F)c1. The molecule has 10 nitrogen and oxygen atoms in total. The second-order valence-corrected chi connectivity index (χ2v) is 8.76. The number of methoxy groups -OCH3 is 1. The van der Waals surface area contributed by atoms with Gasteiger partial charge in [0.05, 0.1) is 41.9 Å². The van der Waals surface area contributed by atoms with E-state index >= 15 is 0 Å². The molecule has 0 saturated heterocycles. The van der Waals surface area contributed by atoms with Crippen LogP contribution in [0, 0.1) is 12.7 Å². The fourth-order valence-electron chi connectivity index (χ4n) is 4.12. The van der Waals surface area contributed by atoms with Crippen LogP contribution in [0.1, 0.15) is 36.1 Å². The van der Waals surface area contributed by atoms with E-state index in [1.165, 1.54) is 42.1 Å². The summed E-state index contributed by atoms with van der Waals surface area (Å²) in [7, 11) is 1.48. The van der Waals surface area contributed by atoms with Gasteiger partial charge in [-0.15, -0.1) is 5.10 Å². The third-order valence-electron chi connectivity index (χ3n) is 5.84. The molecule has 39 heavy (non-hydrogen) atoms. The number of aliphatic hydroxyl groups is 1. The van der Waals surface area contributed by atoms with Crippen LogP contribution in [0.2, 0.25) is 0 Å². The van der Waals surface area contributed by atoms with E-state index in [1.807, 2.05) is 6.92 Å². The van der Waals surface area contributed by atoms with Crippen LogP contribution in [0.4, 0.5) is 19.1 Å². The lowest BCUT2D eigenvalue weighted by molar-refractivity contribution is 0.0498. The number of alkyl halides is 2. The normalized spacial score (nSPS) is 12.2. The van der Waals surface area contributed by atoms with Crippen molar-refractivity contribution in [3.63, 3.8) is 0 Å². The molecule has 13 heteroatoms. The maximum Gasteiger partial charge on any atom is 0.280 e. The number of nitrogen functional groups attached to an aromatic ring is 1. The average molecular weight is 544 g/mol. The smallest absolute Gasteiger partial charge is 0.280 e. The van der Waals surface area contributed by atoms with Crippen molar-refractivity contribution in [1.82, 2.24) is 29.9 Å². The van der Waals surface area contributed by atoms with E-state index in [4.69, 9.17) is 15.2 Å². The first-order valence-corrected chi connectivity index (χ1v) is 12.1. The maximum absolute atomic E-state index is 13.7. The fraction of sp³-hybridized carbons (Fsp3) is 0.346. The molecule has 3 aromatic heterocycles. The molecule has 206 valence electrons. The van der Waals surface area contributed by atoms with Gasteiger partial charge in [-0.25, -0.2) is 22.8 Å². The predicted molar refractivity (Wildman–Crippen MR) is 136 cm³/mol. The number of benzene rings is 1. The Morgan fingerprint density at radius 2 is 1.82 bits per heavy atom. The molecule has 0 aliphatic rings. The maximum atomic E-state index is 13.7. The van der Waals surface area contributed by atoms with Crippen molar-refractivity contribution in [3.05, 3.63) is 65.0 Å². The zero-order valence-electron chi connectivity index (χ0n) is 21.6. The summed E-state index contributed by atoms with van der Waals surface area (Å²) >= 11 is 0. The first-order valence-electron chi connectivity index (χ1n) is 12.1. The molecule has 4 rings (SSSR count). The van der Waals surface area contributed by atoms with E-state index in [0.717, 1.165) is 0 Å². The van der Waals surface area contributed by atoms with Gasteiger partial charge in [0.1, 0.15) is 18.1 Å². The van der Waals surface area contributed by atoms with Gasteiger partial charge in [0.25, 0.3) is 6.43 Å². The number of halogens is 3. The molecule has 0 bridgehead atoms. The van der Waals surface area contributed by atoms with Crippen LogP contribution in [-0.4, -0.2) is 54.9 Å². The molecule has 1 aromatic carbocycles. The van der Waals surface area contributed by atoms with E-state index in [1.54, 1.807) is 13.0 Å². The summed E-state index contributed by atoms with van der Waals surface area (Å²) in [5.74, 6) is -0.576. The molecule has 0 radical (unpaired) electrons. The molecule has 3 N–H and O–H groups in total. The number of rotatable bonds is 11. The number of anilines is 1. The van der Waals surface area contributed by atoms with Crippen LogP contribution in [0.25, 0.3) is 22.4 Å². The number of pyridine rings is 1. The average Bonchev–Trinajstić information content (AvgIpc) is 3.28. The summed E-state index contributed by atoms with van der Waals surface area (Å²) in [5.41, 5.74) is 8.51. The first-order chi connectivity index (χ1) is 18.7. The highest BCUT2D eigenvalue weighted by atomic mass is 19.3. The molecule has 1 atom stereocenters. The molecule has 0 saturated carbocycles. The van der Waals surface area contributed by atoms with Crippen molar-refractivity contribution < 1.29 is 27.8 Å². The molecular weight excluding hydrogens is 515 g/mol. The van der Waals surface area contributed by atoms with Gasteiger partial charge in [0.15, 0.2) is 0 Å². The second-order valence-electron chi connectivity index (χ2n) is 8.76. The van der Waals surface area contributed by atoms with E-state index in [2.05, 4.69) is 25.3 Å². The van der Waals surface area contributed by atoms with Crippen molar-refractivity contribution in [3.8, 4) is 28.3 Å². The topological polar surface area (TPSA) is 134 Å². The lowest BCUT2D eigenvalue weighted by Gasteiger charge is -2.17. The minimum Gasteiger partial charge on any atom is -0.471 e. The number of nitrogens with zero attached hydrogens (tertiary/aromatic N) is 6. The van der Waals surface area contributed by atoms with Crippen molar-refractivity contribution in [2.75, 3.05) is 19.5 Å². The Labute approximate surface area is 222 Å². The third kappa shape index (κ3) is 6.49. The lowest BCUT2D eigenvalue weighted by atomic mass is 9.99. The van der Waals surface area contributed by atoms with Crippen LogP contribution in [0.15, 0.2) is 36.4 Å². The minimum atomic E-state index is -2.82. The number of nitrogens with two attached hydrogens (primary N) is 1. The molecule has 4 aromatic rings. The Morgan fingerprint density at radius 3 is 2.49 bits per heavy atom. The number of hydrogen-bond acceptors (Lipinski definition) is 9. The predicted octanol–water partition coefficient (Wildman–Crippen LogP) is 3.91. The van der Waals surface area contributed by atoms with Gasteiger partial charge in [-0.2, -0.15) is 4.98 Å². The molecule has 1 unspecified atom stereocenters. The summed E-state index contributed by atoms with van der Waals surface area (Å²) in [6.07, 6.45) is -3.11. The quantitative estimate of drug-likeness (QED) is 0.289. The number of aryl methyl sites for hydroxylation is 2. The minimum absolute atomic E-state index is 0.0138. The van der Waals surface area contributed by atoms with Gasteiger partial charge >= 0.3 is 0 Å². The second kappa shape index (κ2) is 12.2. The zero-order valence-corrected chi connectivity index (χ0v) is 21.6. The monoisotopic (exact) mass is 543 g/mol. The van der Waals surface area contributed by atoms with E-state index in [0.29, 0.717) is 34.6 Å². The van der Waals surface area contributed by atoms with Crippen molar-refractivity contribution in [1.29, 1.82) is 0 Å². The fourth-order valence-corrected chi connectivity index (χ4v) is 4.12. The van der Waals surface area contributed by atoms with Gasteiger partial charge in [-0.1, -0.05) is 12.1 Å². The lowest BCUT2D eigenvalue weighted by Crippen LogP contribution is -2.24. The first kappa shape index (κ1) is 27.9. The molecule has 0 fully saturated rings. The Kier molecular flexibility index (Phi) is 8.72. The van der Waals surface area contributed by atoms with Gasteiger partial charge in [-0.05, 0) is 55.3 Å². The summed E-state index contributed by atoms with van der Waals surface area (Å²) < 4.78 is 53.7. The highest BCUT2D eigenvalue weighted by molar-refractivity contribution is 5.85. The van der Waals surface area contributed by atoms with Gasteiger partial charge in [0.2, 0.25) is 11.8 Å². The number of hydrogen-bond donors (Lipinski definition) is 2. The van der Waals surface area contributed by atoms with Crippen LogP contribution in [-0.2, 0) is 24.3 Å². The van der Waals surface area contributed by atoms with Crippen LogP contribution in [0.5, 0.6) is 5.88 Å². The summed E-state index contributed by atoms with van der Waals surface area (Å²) in [6.45, 7) is 3.63. The highest BCUT2D eigenvalue weighted by Gasteiger charge is 2.23. The summed E-state index contributed by atoms with van der Waals surface area (Å²) in [5, 5.41) is 18.5. The molecule has 3 heterocycles. The van der Waals surface area contributed by atoms with E-state index < -0.39 is 24.0 Å². The summed E-state index contributed by atoms with van der Waals surface area (Å²) in [6, 6.07) is 8.34. The van der Waals surface area contributed by atoms with Crippen molar-refractivity contribution in [2.24, 2.45) is 0 Å². The third-order valence-corrected chi connectivity index (χ3v) is 5.84. The van der Waals surface area contributed by atoms with Gasteiger partial charge in [-0.3, -0.25) is 4.98 Å². The standard InChI is InChI=1S/C26H28F3N7O3/c1-4-19-21(36(35-34-19)11-18(37)12-38-3)13-39-25-22(16-9-14(2)31-20(10-16)24(28)29)23(32-26(30)33-25)15-5-7-17(27)8-6-15/h5-10,18,24,37H,4,11-13H2,1-3H3,(H2,30,32,33). The van der Waals surface area contributed by atoms with Gasteiger partial charge < -0.3 is 20.3 Å². The Bertz CT molecular complexity index is 1430.